The number of nitrogens with zero attached hydrogens (tertiary/aromatic N) is 1. The largest absolute Gasteiger partial charge is 0.347 e. The number of carbonyl (C=O) groups excluding carboxylic acids is 2. The van der Waals surface area contributed by atoms with Gasteiger partial charge in [-0.15, -0.1) is 0 Å². The van der Waals surface area contributed by atoms with E-state index in [9.17, 15) is 14.0 Å². The molecule has 3 aliphatic carbocycles. The van der Waals surface area contributed by atoms with Crippen molar-refractivity contribution in [1.29, 1.82) is 0 Å². The molecule has 152 valence electrons. The van der Waals surface area contributed by atoms with Crippen molar-refractivity contribution < 1.29 is 14.0 Å². The monoisotopic (exact) mass is 403 g/mol. The van der Waals surface area contributed by atoms with Gasteiger partial charge in [-0.25, -0.2) is 4.39 Å². The summed E-state index contributed by atoms with van der Waals surface area (Å²) in [6.07, 6.45) is 5.85. The summed E-state index contributed by atoms with van der Waals surface area (Å²) >= 11 is 0. The third-order valence-corrected chi connectivity index (χ3v) is 6.80. The smallest absolute Gasteiger partial charge is 0.252 e. The van der Waals surface area contributed by atoms with Crippen molar-refractivity contribution in [2.45, 2.75) is 31.7 Å². The van der Waals surface area contributed by atoms with Crippen molar-refractivity contribution >= 4 is 28.3 Å². The van der Waals surface area contributed by atoms with Gasteiger partial charge in [0.15, 0.2) is 0 Å². The van der Waals surface area contributed by atoms with Crippen LogP contribution in [-0.2, 0) is 4.79 Å². The zero-order valence-corrected chi connectivity index (χ0v) is 16.6. The van der Waals surface area contributed by atoms with Gasteiger partial charge >= 0.3 is 0 Å². The van der Waals surface area contributed by atoms with E-state index in [0.717, 1.165) is 30.0 Å². The van der Waals surface area contributed by atoms with Gasteiger partial charge in [0.25, 0.3) is 5.91 Å². The number of pyridine rings is 1. The van der Waals surface area contributed by atoms with E-state index in [4.69, 9.17) is 0 Å². The summed E-state index contributed by atoms with van der Waals surface area (Å²) in [4.78, 5) is 29.7. The molecular weight excluding hydrogens is 381 g/mol. The molecule has 6 rings (SSSR count). The fourth-order valence-electron chi connectivity index (χ4n) is 5.15. The normalized spacial score (nSPS) is 25.0. The van der Waals surface area contributed by atoms with Crippen LogP contribution in [0.4, 0.5) is 10.1 Å². The van der Waals surface area contributed by atoms with Gasteiger partial charge < -0.3 is 10.6 Å². The fraction of sp³-hybridized carbons (Fsp3) is 0.292. The number of carbonyl (C=O) groups is 2. The third-order valence-electron chi connectivity index (χ3n) is 6.80. The van der Waals surface area contributed by atoms with Crippen molar-refractivity contribution in [2.75, 3.05) is 5.32 Å². The lowest BCUT2D eigenvalue weighted by Crippen LogP contribution is -2.77. The lowest BCUT2D eigenvalue weighted by Gasteiger charge is -2.72. The third kappa shape index (κ3) is 2.95. The summed E-state index contributed by atoms with van der Waals surface area (Å²) < 4.78 is 13.0. The first-order valence-corrected chi connectivity index (χ1v) is 10.1. The van der Waals surface area contributed by atoms with Crippen molar-refractivity contribution in [1.82, 2.24) is 10.3 Å². The summed E-state index contributed by atoms with van der Waals surface area (Å²) in [5, 5.41) is 7.90. The van der Waals surface area contributed by atoms with Crippen molar-refractivity contribution in [2.24, 2.45) is 11.3 Å². The van der Waals surface area contributed by atoms with Gasteiger partial charge in [-0.05, 0) is 66.5 Å². The Hall–Kier alpha value is -3.28. The summed E-state index contributed by atoms with van der Waals surface area (Å²) in [7, 11) is 0. The van der Waals surface area contributed by atoms with Gasteiger partial charge in [0.1, 0.15) is 5.82 Å². The van der Waals surface area contributed by atoms with Crippen LogP contribution in [0.1, 0.15) is 36.5 Å². The number of hydrogen-bond acceptors (Lipinski definition) is 3. The topological polar surface area (TPSA) is 71.1 Å². The lowest BCUT2D eigenvalue weighted by molar-refractivity contribution is -0.184. The van der Waals surface area contributed by atoms with Crippen molar-refractivity contribution in [3.63, 3.8) is 0 Å². The first-order chi connectivity index (χ1) is 14.4. The number of aromatic nitrogens is 1. The molecule has 3 fully saturated rings. The highest BCUT2D eigenvalue weighted by Crippen LogP contribution is 2.70. The Balaban J connectivity index is 1.23. The minimum atomic E-state index is -0.333. The Labute approximate surface area is 173 Å². The number of anilines is 1. The van der Waals surface area contributed by atoms with Gasteiger partial charge in [0.2, 0.25) is 5.91 Å². The number of amides is 2. The van der Waals surface area contributed by atoms with Crippen LogP contribution in [0.5, 0.6) is 0 Å². The molecule has 6 heteroatoms. The van der Waals surface area contributed by atoms with Crippen LogP contribution in [0.2, 0.25) is 0 Å². The number of benzene rings is 2. The molecule has 3 aromatic rings. The molecule has 1 heterocycles. The molecular formula is C24H22FN3O2. The van der Waals surface area contributed by atoms with Crippen LogP contribution in [-0.4, -0.2) is 22.3 Å². The average molecular weight is 403 g/mol. The quantitative estimate of drug-likeness (QED) is 0.667. The van der Waals surface area contributed by atoms with Gasteiger partial charge in [0, 0.05) is 40.5 Å². The molecule has 0 aliphatic heterocycles. The minimum Gasteiger partial charge on any atom is -0.347 e. The van der Waals surface area contributed by atoms with Crippen LogP contribution < -0.4 is 10.6 Å². The summed E-state index contributed by atoms with van der Waals surface area (Å²) in [5.74, 6) is -0.656. The molecule has 0 saturated heterocycles. The molecule has 3 saturated carbocycles. The van der Waals surface area contributed by atoms with Crippen LogP contribution >= 0.6 is 0 Å². The number of nitrogens with one attached hydrogen (secondary N) is 2. The van der Waals surface area contributed by atoms with Gasteiger partial charge in [0.05, 0.1) is 0 Å². The van der Waals surface area contributed by atoms with E-state index in [1.807, 2.05) is 31.2 Å². The maximum atomic E-state index is 13.0. The molecule has 2 N–H and O–H groups in total. The first-order valence-electron chi connectivity index (χ1n) is 10.1. The second-order valence-electron chi connectivity index (χ2n) is 8.75. The molecule has 0 spiro atoms. The second kappa shape index (κ2) is 6.62. The van der Waals surface area contributed by atoms with Crippen molar-refractivity contribution in [3.8, 4) is 0 Å². The Morgan fingerprint density at radius 3 is 2.53 bits per heavy atom. The van der Waals surface area contributed by atoms with Crippen LogP contribution in [0.15, 0.2) is 60.9 Å². The maximum Gasteiger partial charge on any atom is 0.252 e. The van der Waals surface area contributed by atoms with E-state index in [0.29, 0.717) is 11.3 Å². The molecule has 5 nitrogen and oxygen atoms in total. The summed E-state index contributed by atoms with van der Waals surface area (Å²) in [6, 6.07) is 13.3. The van der Waals surface area contributed by atoms with E-state index in [1.54, 1.807) is 24.5 Å². The van der Waals surface area contributed by atoms with Gasteiger partial charge in [-0.3, -0.25) is 14.6 Å². The average Bonchev–Trinajstić information content (AvgIpc) is 2.70. The Morgan fingerprint density at radius 2 is 1.80 bits per heavy atom. The molecule has 2 aromatic carbocycles. The van der Waals surface area contributed by atoms with E-state index in [-0.39, 0.29) is 34.5 Å². The Kier molecular flexibility index (Phi) is 4.13. The van der Waals surface area contributed by atoms with Crippen LogP contribution in [0.25, 0.3) is 10.8 Å². The number of hydrogen-bond donors (Lipinski definition) is 2. The van der Waals surface area contributed by atoms with E-state index in [1.165, 1.54) is 12.1 Å². The van der Waals surface area contributed by atoms with Gasteiger partial charge in [-0.1, -0.05) is 19.1 Å². The molecule has 1 aromatic heterocycles. The second-order valence-corrected chi connectivity index (χ2v) is 8.75. The number of rotatable bonds is 5. The first kappa shape index (κ1) is 18.7. The highest BCUT2D eigenvalue weighted by Gasteiger charge is 2.71. The molecule has 3 aliphatic rings. The molecule has 30 heavy (non-hydrogen) atoms. The Bertz CT molecular complexity index is 1130. The fourth-order valence-corrected chi connectivity index (χ4v) is 5.15. The van der Waals surface area contributed by atoms with E-state index >= 15 is 0 Å². The standard InChI is InChI=1S/C24H22FN3O2/c1-15(21(29)27-18-7-5-17(25)6-8-18)23-12-24(13-23,14-23)28-22(30)20-4-2-3-16-11-26-10-9-19(16)20/h2-11,15H,12-14H2,1H3,(H,27,29)(H,28,30). The van der Waals surface area contributed by atoms with E-state index in [2.05, 4.69) is 15.6 Å². The molecule has 2 amide bonds. The van der Waals surface area contributed by atoms with Gasteiger partial charge in [-0.2, -0.15) is 0 Å². The van der Waals surface area contributed by atoms with E-state index < -0.39 is 0 Å². The Morgan fingerprint density at radius 1 is 1.07 bits per heavy atom. The minimum absolute atomic E-state index is 0.0669. The highest BCUT2D eigenvalue weighted by atomic mass is 19.1. The highest BCUT2D eigenvalue weighted by molar-refractivity contribution is 6.07. The molecule has 2 bridgehead atoms. The SMILES string of the molecule is CC(C(=O)Nc1ccc(F)cc1)C12CC(NC(=O)c3cccc4cnccc34)(C1)C2. The summed E-state index contributed by atoms with van der Waals surface area (Å²) in [5.41, 5.74) is 0.959. The molecule has 1 unspecified atom stereocenters. The maximum absolute atomic E-state index is 13.0. The molecule has 0 radical (unpaired) electrons. The molecule has 1 atom stereocenters. The predicted octanol–water partition coefficient (Wildman–Crippen LogP) is 4.30. The van der Waals surface area contributed by atoms with Crippen LogP contribution in [0, 0.1) is 17.2 Å². The predicted molar refractivity (Wildman–Crippen MR) is 112 cm³/mol. The zero-order valence-electron chi connectivity index (χ0n) is 16.6. The van der Waals surface area contributed by atoms with Crippen molar-refractivity contribution in [3.05, 3.63) is 72.3 Å². The summed E-state index contributed by atoms with van der Waals surface area (Å²) in [6.45, 7) is 1.93. The zero-order chi connectivity index (χ0) is 20.9. The number of fused-ring (bicyclic) bond motifs is 1. The lowest BCUT2D eigenvalue weighted by atomic mass is 9.36. The number of halogens is 1. The van der Waals surface area contributed by atoms with Crippen LogP contribution in [0.3, 0.4) is 0 Å².